The maximum atomic E-state index is 13.3. The van der Waals surface area contributed by atoms with Crippen LogP contribution in [-0.2, 0) is 4.79 Å². The maximum Gasteiger partial charge on any atom is 0.237 e. The molecule has 0 aliphatic rings. The number of benzene rings is 1. The van der Waals surface area contributed by atoms with Crippen molar-refractivity contribution in [3.05, 3.63) is 29.6 Å². The van der Waals surface area contributed by atoms with Gasteiger partial charge in [0.1, 0.15) is 11.6 Å². The summed E-state index contributed by atoms with van der Waals surface area (Å²) in [7, 11) is 0. The molecule has 0 heterocycles. The van der Waals surface area contributed by atoms with Crippen molar-refractivity contribution < 1.29 is 13.9 Å². The molecular weight excluding hydrogens is 259 g/mol. The molecule has 0 fully saturated rings. The van der Waals surface area contributed by atoms with E-state index in [9.17, 15) is 9.18 Å². The highest BCUT2D eigenvalue weighted by atomic mass is 19.1. The van der Waals surface area contributed by atoms with E-state index in [1.165, 1.54) is 6.07 Å². The van der Waals surface area contributed by atoms with E-state index in [2.05, 4.69) is 5.32 Å². The van der Waals surface area contributed by atoms with Crippen LogP contribution in [0.3, 0.4) is 0 Å². The van der Waals surface area contributed by atoms with Crippen LogP contribution in [0.5, 0.6) is 5.75 Å². The summed E-state index contributed by atoms with van der Waals surface area (Å²) >= 11 is 0. The van der Waals surface area contributed by atoms with Gasteiger partial charge in [-0.3, -0.25) is 4.79 Å². The smallest absolute Gasteiger partial charge is 0.237 e. The van der Waals surface area contributed by atoms with Crippen LogP contribution in [0.1, 0.15) is 32.3 Å². The van der Waals surface area contributed by atoms with Crippen molar-refractivity contribution in [2.45, 2.75) is 39.2 Å². The number of ether oxygens (including phenoxy) is 1. The second-order valence-corrected chi connectivity index (χ2v) is 5.09. The van der Waals surface area contributed by atoms with Crippen LogP contribution in [0.2, 0.25) is 0 Å². The van der Waals surface area contributed by atoms with Gasteiger partial charge in [0.2, 0.25) is 5.91 Å². The molecule has 1 unspecified atom stereocenters. The van der Waals surface area contributed by atoms with Gasteiger partial charge >= 0.3 is 0 Å². The number of hydrogen-bond donors (Lipinski definition) is 2. The fourth-order valence-corrected chi connectivity index (χ4v) is 1.97. The molecule has 0 bridgehead atoms. The summed E-state index contributed by atoms with van der Waals surface area (Å²) in [6.07, 6.45) is 1.23. The number of halogens is 1. The standard InChI is InChI=1S/C15H23FN2O2/c1-4-18-15(3,14(17)19)8-5-9-20-12-7-6-11(2)13(16)10-12/h6-7,10,18H,4-5,8-9H2,1-3H3,(H2,17,19). The summed E-state index contributed by atoms with van der Waals surface area (Å²) in [5.41, 5.74) is 5.26. The fourth-order valence-electron chi connectivity index (χ4n) is 1.97. The number of aryl methyl sites for hydroxylation is 1. The zero-order chi connectivity index (χ0) is 15.2. The Morgan fingerprint density at radius 1 is 1.50 bits per heavy atom. The van der Waals surface area contributed by atoms with Crippen LogP contribution in [-0.4, -0.2) is 24.6 Å². The molecule has 5 heteroatoms. The Hall–Kier alpha value is -1.62. The lowest BCUT2D eigenvalue weighted by Gasteiger charge is -2.26. The Labute approximate surface area is 119 Å². The van der Waals surface area contributed by atoms with E-state index in [0.717, 1.165) is 0 Å². The summed E-state index contributed by atoms with van der Waals surface area (Å²) in [4.78, 5) is 11.4. The van der Waals surface area contributed by atoms with Crippen molar-refractivity contribution in [1.29, 1.82) is 0 Å². The lowest BCUT2D eigenvalue weighted by molar-refractivity contribution is -0.124. The van der Waals surface area contributed by atoms with Crippen molar-refractivity contribution in [3.63, 3.8) is 0 Å². The van der Waals surface area contributed by atoms with E-state index >= 15 is 0 Å². The topological polar surface area (TPSA) is 64.3 Å². The summed E-state index contributed by atoms with van der Waals surface area (Å²) in [5.74, 6) is -0.157. The van der Waals surface area contributed by atoms with E-state index < -0.39 is 5.54 Å². The van der Waals surface area contributed by atoms with E-state index in [1.807, 2.05) is 6.92 Å². The first-order chi connectivity index (χ1) is 9.39. The van der Waals surface area contributed by atoms with Gasteiger partial charge in [-0.1, -0.05) is 13.0 Å². The van der Waals surface area contributed by atoms with Crippen LogP contribution in [0.25, 0.3) is 0 Å². The number of nitrogens with one attached hydrogen (secondary N) is 1. The predicted molar refractivity (Wildman–Crippen MR) is 77.1 cm³/mol. The van der Waals surface area contributed by atoms with Gasteiger partial charge in [0.05, 0.1) is 12.1 Å². The highest BCUT2D eigenvalue weighted by molar-refractivity contribution is 5.84. The third kappa shape index (κ3) is 4.49. The minimum atomic E-state index is -0.726. The normalized spacial score (nSPS) is 13.8. The number of rotatable bonds is 8. The molecule has 1 aromatic carbocycles. The average molecular weight is 282 g/mol. The Morgan fingerprint density at radius 2 is 2.20 bits per heavy atom. The minimum Gasteiger partial charge on any atom is -0.493 e. The minimum absolute atomic E-state index is 0.280. The van der Waals surface area contributed by atoms with Crippen LogP contribution >= 0.6 is 0 Å². The molecule has 1 atom stereocenters. The van der Waals surface area contributed by atoms with Crippen molar-refractivity contribution >= 4 is 5.91 Å². The van der Waals surface area contributed by atoms with E-state index in [-0.39, 0.29) is 11.7 Å². The van der Waals surface area contributed by atoms with Crippen LogP contribution in [0.15, 0.2) is 18.2 Å². The molecule has 112 valence electrons. The van der Waals surface area contributed by atoms with Gasteiger partial charge in [-0.2, -0.15) is 0 Å². The second kappa shape index (κ2) is 7.24. The van der Waals surface area contributed by atoms with Gasteiger partial charge in [-0.05, 0) is 44.9 Å². The quantitative estimate of drug-likeness (QED) is 0.718. The van der Waals surface area contributed by atoms with Crippen molar-refractivity contribution in [2.75, 3.05) is 13.2 Å². The van der Waals surface area contributed by atoms with Crippen LogP contribution in [0.4, 0.5) is 4.39 Å². The van der Waals surface area contributed by atoms with Gasteiger partial charge in [-0.25, -0.2) is 4.39 Å². The molecule has 0 saturated carbocycles. The molecule has 0 aromatic heterocycles. The van der Waals surface area contributed by atoms with E-state index in [4.69, 9.17) is 10.5 Å². The molecule has 20 heavy (non-hydrogen) atoms. The molecule has 0 aliphatic carbocycles. The van der Waals surface area contributed by atoms with E-state index in [0.29, 0.717) is 37.3 Å². The third-order valence-corrected chi connectivity index (χ3v) is 3.34. The number of primary amides is 1. The Kier molecular flexibility index (Phi) is 5.95. The van der Waals surface area contributed by atoms with Crippen molar-refractivity contribution in [2.24, 2.45) is 5.73 Å². The Morgan fingerprint density at radius 3 is 2.75 bits per heavy atom. The fraction of sp³-hybridized carbons (Fsp3) is 0.533. The monoisotopic (exact) mass is 282 g/mol. The van der Waals surface area contributed by atoms with Crippen LogP contribution < -0.4 is 15.8 Å². The average Bonchev–Trinajstić information content (AvgIpc) is 2.39. The molecule has 1 rings (SSSR count). The molecule has 4 nitrogen and oxygen atoms in total. The summed E-state index contributed by atoms with van der Waals surface area (Å²) in [5, 5.41) is 3.08. The van der Waals surface area contributed by atoms with Crippen molar-refractivity contribution in [1.82, 2.24) is 5.32 Å². The number of carbonyl (C=O) groups excluding carboxylic acids is 1. The first-order valence-electron chi connectivity index (χ1n) is 6.83. The first kappa shape index (κ1) is 16.4. The number of carbonyl (C=O) groups is 1. The molecule has 0 aliphatic heterocycles. The van der Waals surface area contributed by atoms with Gasteiger partial charge in [0.25, 0.3) is 0 Å². The molecule has 0 saturated heterocycles. The molecule has 1 amide bonds. The number of likely N-dealkylation sites (N-methyl/N-ethyl adjacent to an activating group) is 1. The predicted octanol–water partition coefficient (Wildman–Crippen LogP) is 2.15. The number of amides is 1. The molecule has 3 N–H and O–H groups in total. The number of nitrogens with two attached hydrogens (primary N) is 1. The SMILES string of the molecule is CCNC(C)(CCCOc1ccc(C)c(F)c1)C(N)=O. The lowest BCUT2D eigenvalue weighted by atomic mass is 9.95. The summed E-state index contributed by atoms with van der Waals surface area (Å²) in [6.45, 7) is 6.49. The summed E-state index contributed by atoms with van der Waals surface area (Å²) < 4.78 is 18.8. The van der Waals surface area contributed by atoms with Gasteiger partial charge < -0.3 is 15.8 Å². The molecule has 0 spiro atoms. The highest BCUT2D eigenvalue weighted by Gasteiger charge is 2.29. The zero-order valence-corrected chi connectivity index (χ0v) is 12.3. The number of hydrogen-bond acceptors (Lipinski definition) is 3. The van der Waals surface area contributed by atoms with Gasteiger partial charge in [-0.15, -0.1) is 0 Å². The van der Waals surface area contributed by atoms with Gasteiger partial charge in [0.15, 0.2) is 0 Å². The zero-order valence-electron chi connectivity index (χ0n) is 12.3. The summed E-state index contributed by atoms with van der Waals surface area (Å²) in [6, 6.07) is 4.78. The highest BCUT2D eigenvalue weighted by Crippen LogP contribution is 2.17. The van der Waals surface area contributed by atoms with Gasteiger partial charge in [0, 0.05) is 6.07 Å². The molecular formula is C15H23FN2O2. The van der Waals surface area contributed by atoms with E-state index in [1.54, 1.807) is 26.0 Å². The lowest BCUT2D eigenvalue weighted by Crippen LogP contribution is -2.53. The molecule has 0 radical (unpaired) electrons. The van der Waals surface area contributed by atoms with Crippen molar-refractivity contribution in [3.8, 4) is 5.75 Å². The third-order valence-electron chi connectivity index (χ3n) is 3.34. The first-order valence-corrected chi connectivity index (χ1v) is 6.83. The second-order valence-electron chi connectivity index (χ2n) is 5.09. The molecule has 1 aromatic rings. The van der Waals surface area contributed by atoms with Crippen LogP contribution in [0, 0.1) is 12.7 Å². The Bertz CT molecular complexity index is 465. The maximum absolute atomic E-state index is 13.3. The largest absolute Gasteiger partial charge is 0.493 e. The Balaban J connectivity index is 2.44.